The van der Waals surface area contributed by atoms with Crippen LogP contribution in [0.5, 0.6) is 11.5 Å². The predicted molar refractivity (Wildman–Crippen MR) is 100 cm³/mol. The first-order valence-corrected chi connectivity index (χ1v) is 8.88. The molecule has 4 rings (SSSR count). The molecule has 1 aliphatic rings. The lowest BCUT2D eigenvalue weighted by atomic mass is 10.0. The van der Waals surface area contributed by atoms with Gasteiger partial charge < -0.3 is 9.47 Å². The highest BCUT2D eigenvalue weighted by Crippen LogP contribution is 2.29. The summed E-state index contributed by atoms with van der Waals surface area (Å²) in [5, 5.41) is 7.48. The predicted octanol–water partition coefficient (Wildman–Crippen LogP) is 3.32. The minimum absolute atomic E-state index is 0.0717. The van der Waals surface area contributed by atoms with Crippen molar-refractivity contribution in [1.29, 1.82) is 0 Å². The van der Waals surface area contributed by atoms with Gasteiger partial charge in [-0.2, -0.15) is 10.1 Å². The number of para-hydroxylation sites is 1. The van der Waals surface area contributed by atoms with E-state index in [9.17, 15) is 4.79 Å². The zero-order valence-electron chi connectivity index (χ0n) is 14.3. The Kier molecular flexibility index (Phi) is 4.93. The molecule has 27 heavy (non-hydrogen) atoms. The Balaban J connectivity index is 1.35. The number of hydrogen-bond donors (Lipinski definition) is 1. The quantitative estimate of drug-likeness (QED) is 0.659. The second-order valence-electron chi connectivity index (χ2n) is 5.99. The van der Waals surface area contributed by atoms with Crippen LogP contribution in [0.2, 0.25) is 5.02 Å². The van der Waals surface area contributed by atoms with E-state index in [-0.39, 0.29) is 11.9 Å². The van der Waals surface area contributed by atoms with Gasteiger partial charge in [-0.1, -0.05) is 35.9 Å². The summed E-state index contributed by atoms with van der Waals surface area (Å²) in [5.41, 5.74) is 0.969. The number of fused-ring (bicyclic) bond motifs is 1. The normalized spacial score (nSPS) is 15.7. The van der Waals surface area contributed by atoms with E-state index >= 15 is 0 Å². The summed E-state index contributed by atoms with van der Waals surface area (Å²) in [6, 6.07) is 14.7. The third-order valence-corrected chi connectivity index (χ3v) is 4.52. The van der Waals surface area contributed by atoms with Gasteiger partial charge in [0.15, 0.2) is 0 Å². The topological polar surface area (TPSA) is 78.3 Å². The van der Waals surface area contributed by atoms with Crippen LogP contribution in [0.15, 0.2) is 54.9 Å². The number of nitrogens with one attached hydrogen (secondary N) is 1. The third-order valence-electron chi connectivity index (χ3n) is 4.21. The van der Waals surface area contributed by atoms with Crippen LogP contribution in [0.4, 0.5) is 5.95 Å². The van der Waals surface area contributed by atoms with Crippen LogP contribution in [-0.2, 0) is 4.79 Å². The van der Waals surface area contributed by atoms with Gasteiger partial charge in [-0.05, 0) is 29.8 Å². The Bertz CT molecular complexity index is 942. The molecule has 0 fully saturated rings. The molecule has 0 unspecified atom stereocenters. The van der Waals surface area contributed by atoms with Crippen molar-refractivity contribution in [2.45, 2.75) is 12.5 Å². The highest BCUT2D eigenvalue weighted by molar-refractivity contribution is 6.32. The number of rotatable bonds is 6. The van der Waals surface area contributed by atoms with E-state index < -0.39 is 0 Å². The van der Waals surface area contributed by atoms with Crippen molar-refractivity contribution < 1.29 is 14.3 Å². The number of ether oxygens (including phenoxy) is 2. The molecule has 3 aromatic rings. The molecular formula is C19H17ClN4O3. The fourth-order valence-electron chi connectivity index (χ4n) is 2.92. The van der Waals surface area contributed by atoms with Crippen LogP contribution in [0.1, 0.15) is 18.0 Å². The first-order chi connectivity index (χ1) is 13.2. The first kappa shape index (κ1) is 17.4. The molecule has 7 nitrogen and oxygen atoms in total. The molecule has 0 saturated carbocycles. The Labute approximate surface area is 160 Å². The van der Waals surface area contributed by atoms with E-state index in [2.05, 4.69) is 15.4 Å². The van der Waals surface area contributed by atoms with Crippen LogP contribution >= 0.6 is 11.6 Å². The molecule has 1 aromatic heterocycles. The average molecular weight is 385 g/mol. The molecule has 1 N–H and O–H groups in total. The van der Waals surface area contributed by atoms with Gasteiger partial charge in [0.05, 0.1) is 17.5 Å². The molecule has 0 saturated heterocycles. The highest BCUT2D eigenvalue weighted by atomic mass is 35.5. The molecule has 1 atom stereocenters. The van der Waals surface area contributed by atoms with Gasteiger partial charge in [0.1, 0.15) is 31.0 Å². The molecular weight excluding hydrogens is 368 g/mol. The van der Waals surface area contributed by atoms with Crippen LogP contribution < -0.4 is 14.8 Å². The highest BCUT2D eigenvalue weighted by Gasteiger charge is 2.27. The zero-order valence-corrected chi connectivity index (χ0v) is 15.1. The van der Waals surface area contributed by atoms with Crippen molar-refractivity contribution in [3.05, 3.63) is 65.4 Å². The summed E-state index contributed by atoms with van der Waals surface area (Å²) in [4.78, 5) is 15.9. The number of halogens is 1. The molecule has 0 aliphatic carbocycles. The smallest absolute Gasteiger partial charge is 0.229 e. The summed E-state index contributed by atoms with van der Waals surface area (Å²) in [5.74, 6) is 1.75. The SMILES string of the molecule is O=C1C[C@@H](c2ccc(OCCOc3ccccc3Cl)cc2)n2ncnc2N1. The standard InChI is InChI=1S/C19H17ClN4O3/c20-15-3-1-2-4-17(15)27-10-9-26-14-7-5-13(6-8-14)16-11-18(25)23-19-21-12-22-24(16)19/h1-8,12,16H,9-11H2,(H,21,22,23,25)/t16-/m0/s1. The van der Waals surface area contributed by atoms with E-state index in [4.69, 9.17) is 21.1 Å². The number of carbonyl (C=O) groups excluding carboxylic acids is 1. The fraction of sp³-hybridized carbons (Fsp3) is 0.211. The van der Waals surface area contributed by atoms with Gasteiger partial charge in [-0.3, -0.25) is 10.1 Å². The molecule has 0 radical (unpaired) electrons. The molecule has 8 heteroatoms. The van der Waals surface area contributed by atoms with Gasteiger partial charge in [0, 0.05) is 0 Å². The second-order valence-corrected chi connectivity index (χ2v) is 6.40. The minimum Gasteiger partial charge on any atom is -0.490 e. The van der Waals surface area contributed by atoms with Crippen LogP contribution in [0.3, 0.4) is 0 Å². The molecule has 0 bridgehead atoms. The Morgan fingerprint density at radius 1 is 1.11 bits per heavy atom. The van der Waals surface area contributed by atoms with E-state index in [0.29, 0.717) is 36.4 Å². The summed E-state index contributed by atoms with van der Waals surface area (Å²) >= 11 is 6.04. The van der Waals surface area contributed by atoms with E-state index in [1.807, 2.05) is 42.5 Å². The van der Waals surface area contributed by atoms with Crippen LogP contribution in [0, 0.1) is 0 Å². The van der Waals surface area contributed by atoms with Crippen molar-refractivity contribution in [2.24, 2.45) is 0 Å². The number of amides is 1. The monoisotopic (exact) mass is 384 g/mol. The largest absolute Gasteiger partial charge is 0.490 e. The fourth-order valence-corrected chi connectivity index (χ4v) is 3.11. The van der Waals surface area contributed by atoms with Crippen molar-refractivity contribution in [3.63, 3.8) is 0 Å². The van der Waals surface area contributed by atoms with Gasteiger partial charge in [-0.25, -0.2) is 4.68 Å². The molecule has 2 aromatic carbocycles. The maximum Gasteiger partial charge on any atom is 0.229 e. The summed E-state index contributed by atoms with van der Waals surface area (Å²) < 4.78 is 13.0. The van der Waals surface area contributed by atoms with E-state index in [1.54, 1.807) is 10.7 Å². The minimum atomic E-state index is -0.172. The van der Waals surface area contributed by atoms with Crippen LogP contribution in [0.25, 0.3) is 0 Å². The van der Waals surface area contributed by atoms with Gasteiger partial charge in [0.25, 0.3) is 0 Å². The maximum absolute atomic E-state index is 11.8. The summed E-state index contributed by atoms with van der Waals surface area (Å²) in [7, 11) is 0. The molecule has 2 heterocycles. The van der Waals surface area contributed by atoms with Gasteiger partial charge in [-0.15, -0.1) is 0 Å². The van der Waals surface area contributed by atoms with E-state index in [1.165, 1.54) is 6.33 Å². The summed E-state index contributed by atoms with van der Waals surface area (Å²) in [6.07, 6.45) is 1.76. The van der Waals surface area contributed by atoms with Crippen molar-refractivity contribution >= 4 is 23.5 Å². The second kappa shape index (κ2) is 7.67. The third kappa shape index (κ3) is 3.88. The number of aromatic nitrogens is 3. The number of nitrogens with zero attached hydrogens (tertiary/aromatic N) is 3. The van der Waals surface area contributed by atoms with Crippen molar-refractivity contribution in [1.82, 2.24) is 14.8 Å². The average Bonchev–Trinajstić information content (AvgIpc) is 3.15. The molecule has 1 aliphatic heterocycles. The zero-order chi connectivity index (χ0) is 18.6. The number of hydrogen-bond acceptors (Lipinski definition) is 5. The van der Waals surface area contributed by atoms with Crippen LogP contribution in [-0.4, -0.2) is 33.9 Å². The molecule has 138 valence electrons. The summed E-state index contributed by atoms with van der Waals surface area (Å²) in [6.45, 7) is 0.778. The Morgan fingerprint density at radius 2 is 1.89 bits per heavy atom. The number of benzene rings is 2. The lowest BCUT2D eigenvalue weighted by molar-refractivity contribution is -0.117. The Morgan fingerprint density at radius 3 is 2.70 bits per heavy atom. The lowest BCUT2D eigenvalue weighted by Crippen LogP contribution is -2.29. The maximum atomic E-state index is 11.8. The van der Waals surface area contributed by atoms with Crippen molar-refractivity contribution in [2.75, 3.05) is 18.5 Å². The molecule has 0 spiro atoms. The first-order valence-electron chi connectivity index (χ1n) is 8.50. The number of carbonyl (C=O) groups is 1. The lowest BCUT2D eigenvalue weighted by Gasteiger charge is -2.23. The van der Waals surface area contributed by atoms with E-state index in [0.717, 1.165) is 11.3 Å². The number of anilines is 1. The molecule has 1 amide bonds. The van der Waals surface area contributed by atoms with Gasteiger partial charge >= 0.3 is 0 Å². The van der Waals surface area contributed by atoms with Gasteiger partial charge in [0.2, 0.25) is 11.9 Å². The van der Waals surface area contributed by atoms with Crippen molar-refractivity contribution in [3.8, 4) is 11.5 Å². The Hall–Kier alpha value is -3.06.